The smallest absolute Gasteiger partial charge is 0.264 e. The zero-order valence-corrected chi connectivity index (χ0v) is 11.9. The zero-order valence-electron chi connectivity index (χ0n) is 9.72. The summed E-state index contributed by atoms with van der Waals surface area (Å²) >= 11 is 2.12. The van der Waals surface area contributed by atoms with E-state index in [1.54, 1.807) is 0 Å². The van der Waals surface area contributed by atoms with Gasteiger partial charge in [-0.05, 0) is 48.3 Å². The van der Waals surface area contributed by atoms with Gasteiger partial charge in [0.05, 0.1) is 9.26 Å². The molecule has 4 heteroatoms. The number of nitrogens with one attached hydrogen (secondary N) is 1. The molecule has 1 heterocycles. The lowest BCUT2D eigenvalue weighted by molar-refractivity contribution is 0.593. The third-order valence-corrected chi connectivity index (χ3v) is 4.29. The lowest BCUT2D eigenvalue weighted by Crippen LogP contribution is -2.19. The van der Waals surface area contributed by atoms with Crippen LogP contribution in [0.1, 0.15) is 62.9 Å². The van der Waals surface area contributed by atoms with E-state index in [-0.39, 0.29) is 5.56 Å². The van der Waals surface area contributed by atoms with Crippen LogP contribution < -0.4 is 5.56 Å². The molecule has 2 rings (SSSR count). The minimum Gasteiger partial charge on any atom is -0.309 e. The van der Waals surface area contributed by atoms with Gasteiger partial charge in [-0.2, -0.15) is 0 Å². The van der Waals surface area contributed by atoms with Crippen molar-refractivity contribution in [3.05, 3.63) is 25.4 Å². The highest BCUT2D eigenvalue weighted by Crippen LogP contribution is 2.40. The first-order chi connectivity index (χ1) is 7.67. The summed E-state index contributed by atoms with van der Waals surface area (Å²) in [6.45, 7) is 4.28. The van der Waals surface area contributed by atoms with Crippen molar-refractivity contribution in [2.75, 3.05) is 0 Å². The fourth-order valence-corrected chi connectivity index (χ4v) is 2.69. The number of nitrogens with zero attached hydrogens (tertiary/aromatic N) is 1. The Hall–Kier alpha value is -0.390. The van der Waals surface area contributed by atoms with Crippen LogP contribution in [0.25, 0.3) is 0 Å². The topological polar surface area (TPSA) is 45.8 Å². The third kappa shape index (κ3) is 2.31. The SMILES string of the molecule is CCC(CC)c1nc(C2CC2)c(I)c(=O)[nH]1. The molecule has 16 heavy (non-hydrogen) atoms. The minimum absolute atomic E-state index is 0.0411. The van der Waals surface area contributed by atoms with Crippen molar-refractivity contribution < 1.29 is 0 Å². The highest BCUT2D eigenvalue weighted by atomic mass is 127. The van der Waals surface area contributed by atoms with Gasteiger partial charge in [0.15, 0.2) is 0 Å². The van der Waals surface area contributed by atoms with Crippen LogP contribution in [0.2, 0.25) is 0 Å². The van der Waals surface area contributed by atoms with Gasteiger partial charge >= 0.3 is 0 Å². The van der Waals surface area contributed by atoms with E-state index in [1.807, 2.05) is 0 Å². The Balaban J connectivity index is 2.43. The molecule has 1 aliphatic rings. The van der Waals surface area contributed by atoms with E-state index in [0.717, 1.165) is 27.9 Å². The predicted octanol–water partition coefficient (Wildman–Crippen LogP) is 3.16. The molecule has 1 fully saturated rings. The van der Waals surface area contributed by atoms with E-state index in [9.17, 15) is 4.79 Å². The fourth-order valence-electron chi connectivity index (χ4n) is 1.99. The zero-order chi connectivity index (χ0) is 11.7. The van der Waals surface area contributed by atoms with Crippen molar-refractivity contribution >= 4 is 22.6 Å². The molecule has 0 aliphatic heterocycles. The van der Waals surface area contributed by atoms with Crippen molar-refractivity contribution in [3.8, 4) is 0 Å². The Kier molecular flexibility index (Phi) is 3.66. The van der Waals surface area contributed by atoms with Crippen molar-refractivity contribution in [1.29, 1.82) is 0 Å². The fraction of sp³-hybridized carbons (Fsp3) is 0.667. The van der Waals surface area contributed by atoms with E-state index in [4.69, 9.17) is 0 Å². The van der Waals surface area contributed by atoms with Crippen LogP contribution >= 0.6 is 22.6 Å². The number of rotatable bonds is 4. The molecule has 1 saturated carbocycles. The standard InChI is InChI=1S/C12H17IN2O/c1-3-7(4-2)11-14-10(8-5-6-8)9(13)12(16)15-11/h7-8H,3-6H2,1-2H3,(H,14,15,16). The summed E-state index contributed by atoms with van der Waals surface area (Å²) in [6, 6.07) is 0. The molecule has 1 aromatic heterocycles. The van der Waals surface area contributed by atoms with Crippen LogP contribution in [-0.4, -0.2) is 9.97 Å². The van der Waals surface area contributed by atoms with Crippen LogP contribution in [0.3, 0.4) is 0 Å². The molecule has 0 radical (unpaired) electrons. The van der Waals surface area contributed by atoms with Gasteiger partial charge in [0.25, 0.3) is 5.56 Å². The van der Waals surface area contributed by atoms with Gasteiger partial charge in [-0.25, -0.2) is 4.98 Å². The van der Waals surface area contributed by atoms with Crippen LogP contribution in [-0.2, 0) is 0 Å². The monoisotopic (exact) mass is 332 g/mol. The van der Waals surface area contributed by atoms with Crippen LogP contribution in [0.15, 0.2) is 4.79 Å². The number of aromatic nitrogens is 2. The first-order valence-electron chi connectivity index (χ1n) is 5.96. The summed E-state index contributed by atoms with van der Waals surface area (Å²) < 4.78 is 0.787. The van der Waals surface area contributed by atoms with Crippen LogP contribution in [0, 0.1) is 3.57 Å². The summed E-state index contributed by atoms with van der Waals surface area (Å²) in [7, 11) is 0. The Bertz CT molecular complexity index is 433. The van der Waals surface area contributed by atoms with Gasteiger partial charge in [-0.3, -0.25) is 4.79 Å². The van der Waals surface area contributed by atoms with Crippen molar-refractivity contribution in [2.45, 2.75) is 51.4 Å². The molecule has 0 aromatic carbocycles. The minimum atomic E-state index is 0.0411. The molecular weight excluding hydrogens is 315 g/mol. The van der Waals surface area contributed by atoms with Gasteiger partial charge in [0.2, 0.25) is 0 Å². The number of H-pyrrole nitrogens is 1. The van der Waals surface area contributed by atoms with Gasteiger partial charge < -0.3 is 4.98 Å². The Morgan fingerprint density at radius 1 is 1.44 bits per heavy atom. The van der Waals surface area contributed by atoms with Crippen molar-refractivity contribution in [3.63, 3.8) is 0 Å². The molecule has 0 amide bonds. The van der Waals surface area contributed by atoms with Gasteiger partial charge in [-0.1, -0.05) is 13.8 Å². The number of hydrogen-bond donors (Lipinski definition) is 1. The highest BCUT2D eigenvalue weighted by molar-refractivity contribution is 14.1. The number of aromatic amines is 1. The Morgan fingerprint density at radius 3 is 2.56 bits per heavy atom. The Morgan fingerprint density at radius 2 is 2.06 bits per heavy atom. The van der Waals surface area contributed by atoms with E-state index in [1.165, 1.54) is 12.8 Å². The second kappa shape index (κ2) is 4.85. The largest absolute Gasteiger partial charge is 0.309 e. The normalized spacial score (nSPS) is 15.8. The maximum absolute atomic E-state index is 11.8. The Labute approximate surface area is 109 Å². The van der Waals surface area contributed by atoms with Crippen molar-refractivity contribution in [1.82, 2.24) is 9.97 Å². The summed E-state index contributed by atoms with van der Waals surface area (Å²) in [5.74, 6) is 1.82. The van der Waals surface area contributed by atoms with Gasteiger partial charge in [0.1, 0.15) is 5.82 Å². The molecule has 0 unspecified atom stereocenters. The molecule has 3 nitrogen and oxygen atoms in total. The molecular formula is C12H17IN2O. The van der Waals surface area contributed by atoms with Gasteiger partial charge in [-0.15, -0.1) is 0 Å². The first kappa shape index (κ1) is 12.1. The molecule has 0 atom stereocenters. The summed E-state index contributed by atoms with van der Waals surface area (Å²) in [6.07, 6.45) is 4.44. The summed E-state index contributed by atoms with van der Waals surface area (Å²) in [5.41, 5.74) is 1.07. The van der Waals surface area contributed by atoms with Gasteiger partial charge in [0, 0.05) is 11.8 Å². The quantitative estimate of drug-likeness (QED) is 0.861. The second-order valence-corrected chi connectivity index (χ2v) is 5.52. The van der Waals surface area contributed by atoms with Crippen LogP contribution in [0.5, 0.6) is 0 Å². The second-order valence-electron chi connectivity index (χ2n) is 4.44. The molecule has 0 bridgehead atoms. The first-order valence-corrected chi connectivity index (χ1v) is 7.04. The molecule has 1 N–H and O–H groups in total. The van der Waals surface area contributed by atoms with E-state index in [2.05, 4.69) is 46.4 Å². The maximum atomic E-state index is 11.8. The van der Waals surface area contributed by atoms with E-state index < -0.39 is 0 Å². The van der Waals surface area contributed by atoms with Crippen molar-refractivity contribution in [2.24, 2.45) is 0 Å². The molecule has 88 valence electrons. The lowest BCUT2D eigenvalue weighted by Gasteiger charge is -2.13. The molecule has 0 saturated heterocycles. The van der Waals surface area contributed by atoms with Crippen LogP contribution in [0.4, 0.5) is 0 Å². The molecule has 0 spiro atoms. The molecule has 1 aliphatic carbocycles. The highest BCUT2D eigenvalue weighted by Gasteiger charge is 2.29. The average Bonchev–Trinajstić information content (AvgIpc) is 3.08. The summed E-state index contributed by atoms with van der Waals surface area (Å²) in [5, 5.41) is 0. The average molecular weight is 332 g/mol. The number of hydrogen-bond acceptors (Lipinski definition) is 2. The van der Waals surface area contributed by atoms with E-state index in [0.29, 0.717) is 11.8 Å². The summed E-state index contributed by atoms with van der Waals surface area (Å²) in [4.78, 5) is 19.4. The predicted molar refractivity (Wildman–Crippen MR) is 72.9 cm³/mol. The molecule has 1 aromatic rings. The van der Waals surface area contributed by atoms with E-state index >= 15 is 0 Å². The third-order valence-electron chi connectivity index (χ3n) is 3.24. The number of halogens is 1. The maximum Gasteiger partial charge on any atom is 0.264 e. The lowest BCUT2D eigenvalue weighted by atomic mass is 10.0.